The Labute approximate surface area is 161 Å². The van der Waals surface area contributed by atoms with Gasteiger partial charge in [-0.2, -0.15) is 0 Å². The lowest BCUT2D eigenvalue weighted by molar-refractivity contribution is 0.129. The lowest BCUT2D eigenvalue weighted by Gasteiger charge is -2.15. The first kappa shape index (κ1) is 17.6. The van der Waals surface area contributed by atoms with Crippen LogP contribution in [0.15, 0.2) is 58.5 Å². The van der Waals surface area contributed by atoms with Gasteiger partial charge in [-0.25, -0.2) is 4.98 Å². The number of fused-ring (bicyclic) bond motifs is 1. The summed E-state index contributed by atoms with van der Waals surface area (Å²) in [6, 6.07) is 15.1. The summed E-state index contributed by atoms with van der Waals surface area (Å²) in [4.78, 5) is 17.8. The molecule has 1 fully saturated rings. The maximum Gasteiger partial charge on any atom is 0.262 e. The van der Waals surface area contributed by atoms with Crippen LogP contribution in [0.1, 0.15) is 18.4 Å². The summed E-state index contributed by atoms with van der Waals surface area (Å²) < 4.78 is 7.44. The monoisotopic (exact) mass is 386 g/mol. The van der Waals surface area contributed by atoms with E-state index in [2.05, 4.69) is 0 Å². The molecule has 0 aliphatic carbocycles. The van der Waals surface area contributed by atoms with Crippen LogP contribution in [0.3, 0.4) is 0 Å². The van der Waals surface area contributed by atoms with E-state index in [1.807, 2.05) is 48.5 Å². The molecule has 0 saturated carbocycles. The Morgan fingerprint density at radius 3 is 2.81 bits per heavy atom. The Hall–Kier alpha value is -1.82. The zero-order valence-electron chi connectivity index (χ0n) is 14.2. The van der Waals surface area contributed by atoms with Gasteiger partial charge < -0.3 is 4.74 Å². The Kier molecular flexibility index (Phi) is 5.29. The number of thioether (sulfide) groups is 1. The summed E-state index contributed by atoms with van der Waals surface area (Å²) in [7, 11) is 0. The molecule has 1 atom stereocenters. The predicted octanol–water partition coefficient (Wildman–Crippen LogP) is 4.37. The number of halogens is 1. The minimum atomic E-state index is -0.0367. The second-order valence-corrected chi connectivity index (χ2v) is 7.73. The minimum Gasteiger partial charge on any atom is -0.377 e. The predicted molar refractivity (Wildman–Crippen MR) is 106 cm³/mol. The number of aromatic nitrogens is 2. The van der Waals surface area contributed by atoms with Crippen molar-refractivity contribution in [2.45, 2.75) is 30.6 Å². The van der Waals surface area contributed by atoms with Crippen LogP contribution in [0.25, 0.3) is 10.9 Å². The molecule has 4 rings (SSSR count). The fourth-order valence-electron chi connectivity index (χ4n) is 3.14. The average molecular weight is 387 g/mol. The third-order valence-electron chi connectivity index (χ3n) is 4.54. The van der Waals surface area contributed by atoms with Gasteiger partial charge in [-0.3, -0.25) is 9.36 Å². The van der Waals surface area contributed by atoms with Crippen LogP contribution in [0.2, 0.25) is 5.02 Å². The first-order valence-corrected chi connectivity index (χ1v) is 10.1. The molecule has 2 heterocycles. The van der Waals surface area contributed by atoms with Gasteiger partial charge in [0.25, 0.3) is 5.56 Å². The molecule has 4 nitrogen and oxygen atoms in total. The second-order valence-electron chi connectivity index (χ2n) is 6.34. The van der Waals surface area contributed by atoms with E-state index in [0.717, 1.165) is 36.3 Å². The Balaban J connectivity index is 1.74. The molecule has 0 unspecified atom stereocenters. The molecule has 0 spiro atoms. The van der Waals surface area contributed by atoms with Gasteiger partial charge in [-0.1, -0.05) is 53.7 Å². The number of nitrogens with zero attached hydrogens (tertiary/aromatic N) is 2. The molecule has 0 bridgehead atoms. The smallest absolute Gasteiger partial charge is 0.262 e. The van der Waals surface area contributed by atoms with E-state index in [1.54, 1.807) is 16.3 Å². The van der Waals surface area contributed by atoms with E-state index >= 15 is 0 Å². The molecule has 26 heavy (non-hydrogen) atoms. The van der Waals surface area contributed by atoms with Gasteiger partial charge in [-0.15, -0.1) is 0 Å². The average Bonchev–Trinajstić information content (AvgIpc) is 3.18. The molecule has 0 amide bonds. The SMILES string of the molecule is O=c1c2ccccc2nc(SC[C@H]2CCCO2)n1Cc1ccccc1Cl. The van der Waals surface area contributed by atoms with Gasteiger partial charge in [0.05, 0.1) is 23.6 Å². The summed E-state index contributed by atoms with van der Waals surface area (Å²) in [6.45, 7) is 1.23. The highest BCUT2D eigenvalue weighted by Gasteiger charge is 2.18. The van der Waals surface area contributed by atoms with Crippen molar-refractivity contribution < 1.29 is 4.74 Å². The summed E-state index contributed by atoms with van der Waals surface area (Å²) in [6.07, 6.45) is 2.40. The molecule has 134 valence electrons. The van der Waals surface area contributed by atoms with Crippen molar-refractivity contribution in [3.63, 3.8) is 0 Å². The lowest BCUT2D eigenvalue weighted by atomic mass is 10.2. The van der Waals surface area contributed by atoms with Gasteiger partial charge in [-0.05, 0) is 36.6 Å². The van der Waals surface area contributed by atoms with E-state index in [0.29, 0.717) is 22.1 Å². The first-order valence-electron chi connectivity index (χ1n) is 8.70. The molecular formula is C20H19ClN2O2S. The maximum atomic E-state index is 13.1. The van der Waals surface area contributed by atoms with Crippen molar-refractivity contribution in [3.05, 3.63) is 69.5 Å². The Morgan fingerprint density at radius 1 is 1.19 bits per heavy atom. The quantitative estimate of drug-likeness (QED) is 0.482. The summed E-state index contributed by atoms with van der Waals surface area (Å²) in [5, 5.41) is 1.99. The first-order chi connectivity index (χ1) is 12.7. The lowest BCUT2D eigenvalue weighted by Crippen LogP contribution is -2.24. The van der Waals surface area contributed by atoms with Gasteiger partial charge >= 0.3 is 0 Å². The van der Waals surface area contributed by atoms with Crippen molar-refractivity contribution >= 4 is 34.3 Å². The van der Waals surface area contributed by atoms with Crippen molar-refractivity contribution in [1.29, 1.82) is 0 Å². The number of rotatable bonds is 5. The van der Waals surface area contributed by atoms with Crippen molar-refractivity contribution in [1.82, 2.24) is 9.55 Å². The van der Waals surface area contributed by atoms with Crippen LogP contribution in [-0.2, 0) is 11.3 Å². The maximum absolute atomic E-state index is 13.1. The van der Waals surface area contributed by atoms with Crippen molar-refractivity contribution in [3.8, 4) is 0 Å². The van der Waals surface area contributed by atoms with E-state index in [4.69, 9.17) is 21.3 Å². The molecule has 3 aromatic rings. The number of hydrogen-bond donors (Lipinski definition) is 0. The van der Waals surface area contributed by atoms with Crippen LogP contribution in [0, 0.1) is 0 Å². The van der Waals surface area contributed by atoms with Gasteiger partial charge in [0.1, 0.15) is 0 Å². The number of hydrogen-bond acceptors (Lipinski definition) is 4. The fourth-order valence-corrected chi connectivity index (χ4v) is 4.40. The molecule has 2 aromatic carbocycles. The zero-order valence-corrected chi connectivity index (χ0v) is 15.8. The third kappa shape index (κ3) is 3.65. The fraction of sp³-hybridized carbons (Fsp3) is 0.300. The van der Waals surface area contributed by atoms with Crippen LogP contribution < -0.4 is 5.56 Å². The standard InChI is InChI=1S/C20H19ClN2O2S/c21-17-9-3-1-6-14(17)12-23-19(24)16-8-2-4-10-18(16)22-20(23)26-13-15-7-5-11-25-15/h1-4,6,8-10,15H,5,7,11-13H2/t15-/m1/s1. The summed E-state index contributed by atoms with van der Waals surface area (Å²) in [5.41, 5.74) is 1.60. The van der Waals surface area contributed by atoms with Crippen LogP contribution in [-0.4, -0.2) is 28.0 Å². The highest BCUT2D eigenvalue weighted by Crippen LogP contribution is 2.25. The van der Waals surface area contributed by atoms with Crippen molar-refractivity contribution in [2.24, 2.45) is 0 Å². The van der Waals surface area contributed by atoms with E-state index in [1.165, 1.54) is 0 Å². The zero-order chi connectivity index (χ0) is 17.9. The van der Waals surface area contributed by atoms with Crippen LogP contribution in [0.5, 0.6) is 0 Å². The Morgan fingerprint density at radius 2 is 2.00 bits per heavy atom. The molecule has 1 aliphatic heterocycles. The van der Waals surface area contributed by atoms with E-state index < -0.39 is 0 Å². The largest absolute Gasteiger partial charge is 0.377 e. The van der Waals surface area contributed by atoms with Crippen LogP contribution >= 0.6 is 23.4 Å². The van der Waals surface area contributed by atoms with E-state index in [9.17, 15) is 4.79 Å². The molecule has 1 aliphatic rings. The topological polar surface area (TPSA) is 44.1 Å². The third-order valence-corrected chi connectivity index (χ3v) is 6.01. The van der Waals surface area contributed by atoms with E-state index in [-0.39, 0.29) is 11.7 Å². The second kappa shape index (κ2) is 7.82. The molecular weight excluding hydrogens is 368 g/mol. The van der Waals surface area contributed by atoms with Gasteiger partial charge in [0.2, 0.25) is 0 Å². The van der Waals surface area contributed by atoms with Crippen molar-refractivity contribution in [2.75, 3.05) is 12.4 Å². The van der Waals surface area contributed by atoms with Gasteiger partial charge in [0, 0.05) is 17.4 Å². The summed E-state index contributed by atoms with van der Waals surface area (Å²) >= 11 is 7.90. The number of benzene rings is 2. The molecule has 0 radical (unpaired) electrons. The number of para-hydroxylation sites is 1. The number of ether oxygens (including phenoxy) is 1. The van der Waals surface area contributed by atoms with Gasteiger partial charge in [0.15, 0.2) is 5.16 Å². The van der Waals surface area contributed by atoms with Crippen LogP contribution in [0.4, 0.5) is 0 Å². The Bertz CT molecular complexity index is 983. The molecule has 1 aromatic heterocycles. The summed E-state index contributed by atoms with van der Waals surface area (Å²) in [5.74, 6) is 0.799. The molecule has 0 N–H and O–H groups in total. The molecule has 1 saturated heterocycles. The highest BCUT2D eigenvalue weighted by atomic mass is 35.5. The molecule has 6 heteroatoms. The normalized spacial score (nSPS) is 17.0. The highest BCUT2D eigenvalue weighted by molar-refractivity contribution is 7.99. The minimum absolute atomic E-state index is 0.0367.